The molecule has 0 unspecified atom stereocenters. The molecule has 1 heterocycles. The minimum absolute atomic E-state index is 0.0644. The van der Waals surface area contributed by atoms with Crippen molar-refractivity contribution in [3.8, 4) is 0 Å². The summed E-state index contributed by atoms with van der Waals surface area (Å²) in [6.07, 6.45) is 3.12. The van der Waals surface area contributed by atoms with E-state index < -0.39 is 5.91 Å². The fourth-order valence-corrected chi connectivity index (χ4v) is 0.937. The third-order valence-electron chi connectivity index (χ3n) is 1.57. The Kier molecular flexibility index (Phi) is 3.33. The van der Waals surface area contributed by atoms with Crippen molar-refractivity contribution in [3.63, 3.8) is 0 Å². The van der Waals surface area contributed by atoms with Gasteiger partial charge in [0.25, 0.3) is 5.91 Å². The number of hydrogen-bond donors (Lipinski definition) is 2. The van der Waals surface area contributed by atoms with Gasteiger partial charge in [-0.05, 0) is 25.5 Å². The number of rotatable bonds is 4. The average Bonchev–Trinajstić information content (AvgIpc) is 2.15. The van der Waals surface area contributed by atoms with Crippen molar-refractivity contribution in [1.82, 2.24) is 9.97 Å². The smallest absolute Gasteiger partial charge is 0.286 e. The number of nitrogens with two attached hydrogens (primary N) is 2. The number of carbonyl (C=O) groups is 1. The summed E-state index contributed by atoms with van der Waals surface area (Å²) >= 11 is 0. The van der Waals surface area contributed by atoms with Crippen LogP contribution in [0.2, 0.25) is 0 Å². The Morgan fingerprint density at radius 2 is 2.31 bits per heavy atom. The van der Waals surface area contributed by atoms with Crippen molar-refractivity contribution < 1.29 is 4.79 Å². The van der Waals surface area contributed by atoms with Gasteiger partial charge in [-0.25, -0.2) is 9.97 Å². The molecule has 5 nitrogen and oxygen atoms in total. The number of amides is 1. The molecule has 0 saturated carbocycles. The summed E-state index contributed by atoms with van der Waals surface area (Å²) in [5.74, 6) is -0.538. The monoisotopic (exact) mass is 180 g/mol. The molecule has 0 radical (unpaired) electrons. The van der Waals surface area contributed by atoms with E-state index >= 15 is 0 Å². The Balaban J connectivity index is 2.73. The maximum absolute atomic E-state index is 10.7. The molecule has 0 aliphatic carbocycles. The van der Waals surface area contributed by atoms with Gasteiger partial charge in [-0.1, -0.05) is 0 Å². The van der Waals surface area contributed by atoms with E-state index in [0.717, 1.165) is 18.5 Å². The molecular formula is C8H12N4O. The van der Waals surface area contributed by atoms with Gasteiger partial charge in [0.15, 0.2) is 0 Å². The van der Waals surface area contributed by atoms with Gasteiger partial charge in [0, 0.05) is 11.9 Å². The summed E-state index contributed by atoms with van der Waals surface area (Å²) < 4.78 is 0. The minimum Gasteiger partial charge on any atom is -0.363 e. The lowest BCUT2D eigenvalue weighted by molar-refractivity contribution is 0.0990. The zero-order chi connectivity index (χ0) is 9.68. The highest BCUT2D eigenvalue weighted by Gasteiger charge is 2.03. The molecule has 0 aliphatic rings. The molecular weight excluding hydrogens is 168 g/mol. The third-order valence-corrected chi connectivity index (χ3v) is 1.57. The van der Waals surface area contributed by atoms with E-state index in [0.29, 0.717) is 6.54 Å². The van der Waals surface area contributed by atoms with Crippen LogP contribution in [0, 0.1) is 0 Å². The van der Waals surface area contributed by atoms with Gasteiger partial charge in [-0.2, -0.15) is 0 Å². The second-order valence-electron chi connectivity index (χ2n) is 2.63. The van der Waals surface area contributed by atoms with Crippen molar-refractivity contribution in [3.05, 3.63) is 23.8 Å². The van der Waals surface area contributed by atoms with Crippen molar-refractivity contribution in [1.29, 1.82) is 0 Å². The van der Waals surface area contributed by atoms with E-state index in [9.17, 15) is 4.79 Å². The molecule has 4 N–H and O–H groups in total. The van der Waals surface area contributed by atoms with Crippen LogP contribution in [-0.2, 0) is 6.42 Å². The van der Waals surface area contributed by atoms with Crippen LogP contribution in [-0.4, -0.2) is 22.4 Å². The molecule has 0 spiro atoms. The van der Waals surface area contributed by atoms with Gasteiger partial charge in [0.05, 0.1) is 0 Å². The SMILES string of the molecule is NCCCc1ccnc(C(N)=O)n1. The molecule has 0 atom stereocenters. The van der Waals surface area contributed by atoms with E-state index in [1.807, 2.05) is 0 Å². The first-order chi connectivity index (χ1) is 6.24. The third kappa shape index (κ3) is 2.79. The quantitative estimate of drug-likeness (QED) is 0.651. The molecule has 1 aromatic heterocycles. The Morgan fingerprint density at radius 3 is 2.92 bits per heavy atom. The van der Waals surface area contributed by atoms with E-state index in [1.165, 1.54) is 6.20 Å². The average molecular weight is 180 g/mol. The van der Waals surface area contributed by atoms with Crippen LogP contribution >= 0.6 is 0 Å². The van der Waals surface area contributed by atoms with Gasteiger partial charge < -0.3 is 11.5 Å². The molecule has 1 rings (SSSR count). The number of primary amides is 1. The highest BCUT2D eigenvalue weighted by Crippen LogP contribution is 1.98. The van der Waals surface area contributed by atoms with Crippen LogP contribution in [0.15, 0.2) is 12.3 Å². The molecule has 70 valence electrons. The van der Waals surface area contributed by atoms with E-state index in [2.05, 4.69) is 9.97 Å². The van der Waals surface area contributed by atoms with Gasteiger partial charge in [0.2, 0.25) is 5.82 Å². The van der Waals surface area contributed by atoms with Crippen molar-refractivity contribution >= 4 is 5.91 Å². The summed E-state index contributed by atoms with van der Waals surface area (Å²) in [5, 5.41) is 0. The lowest BCUT2D eigenvalue weighted by atomic mass is 10.2. The number of nitrogens with zero attached hydrogens (tertiary/aromatic N) is 2. The molecule has 13 heavy (non-hydrogen) atoms. The fraction of sp³-hybridized carbons (Fsp3) is 0.375. The molecule has 1 aromatic rings. The fourth-order valence-electron chi connectivity index (χ4n) is 0.937. The number of aryl methyl sites for hydroxylation is 1. The lowest BCUT2D eigenvalue weighted by Crippen LogP contribution is -2.16. The predicted molar refractivity (Wildman–Crippen MR) is 47.9 cm³/mol. The molecule has 0 saturated heterocycles. The first-order valence-electron chi connectivity index (χ1n) is 4.06. The Bertz CT molecular complexity index is 300. The molecule has 0 fully saturated rings. The minimum atomic E-state index is -0.602. The van der Waals surface area contributed by atoms with Crippen LogP contribution in [0.25, 0.3) is 0 Å². The second-order valence-corrected chi connectivity index (χ2v) is 2.63. The molecule has 5 heteroatoms. The van der Waals surface area contributed by atoms with Crippen molar-refractivity contribution in [2.75, 3.05) is 6.54 Å². The first-order valence-corrected chi connectivity index (χ1v) is 4.06. The Morgan fingerprint density at radius 1 is 1.54 bits per heavy atom. The first kappa shape index (κ1) is 9.60. The molecule has 0 aromatic carbocycles. The predicted octanol–water partition coefficient (Wildman–Crippen LogP) is -0.533. The van der Waals surface area contributed by atoms with E-state index in [1.54, 1.807) is 6.07 Å². The Labute approximate surface area is 76.2 Å². The summed E-state index contributed by atoms with van der Waals surface area (Å²) in [6.45, 7) is 0.607. The van der Waals surface area contributed by atoms with Crippen LogP contribution in [0.4, 0.5) is 0 Å². The summed E-state index contributed by atoms with van der Waals surface area (Å²) in [5.41, 5.74) is 11.2. The Hall–Kier alpha value is -1.49. The zero-order valence-corrected chi connectivity index (χ0v) is 7.23. The van der Waals surface area contributed by atoms with Crippen LogP contribution < -0.4 is 11.5 Å². The van der Waals surface area contributed by atoms with Crippen molar-refractivity contribution in [2.45, 2.75) is 12.8 Å². The summed E-state index contributed by atoms with van der Waals surface area (Å²) in [4.78, 5) is 18.4. The standard InChI is InChI=1S/C8H12N4O/c9-4-1-2-6-3-5-11-8(12-6)7(10)13/h3,5H,1-2,4,9H2,(H2,10,13). The van der Waals surface area contributed by atoms with Crippen molar-refractivity contribution in [2.24, 2.45) is 11.5 Å². The highest BCUT2D eigenvalue weighted by atomic mass is 16.1. The normalized spacial score (nSPS) is 9.92. The van der Waals surface area contributed by atoms with Crippen LogP contribution in [0.5, 0.6) is 0 Å². The maximum atomic E-state index is 10.7. The topological polar surface area (TPSA) is 94.9 Å². The zero-order valence-electron chi connectivity index (χ0n) is 7.23. The number of aromatic nitrogens is 2. The molecule has 0 bridgehead atoms. The summed E-state index contributed by atoms with van der Waals surface area (Å²) in [6, 6.07) is 1.75. The number of carbonyl (C=O) groups excluding carboxylic acids is 1. The van der Waals surface area contributed by atoms with Crippen LogP contribution in [0.1, 0.15) is 22.7 Å². The lowest BCUT2D eigenvalue weighted by Gasteiger charge is -1.99. The maximum Gasteiger partial charge on any atom is 0.286 e. The molecule has 1 amide bonds. The number of hydrogen-bond acceptors (Lipinski definition) is 4. The summed E-state index contributed by atoms with van der Waals surface area (Å²) in [7, 11) is 0. The second kappa shape index (κ2) is 4.51. The van der Waals surface area contributed by atoms with Crippen LogP contribution in [0.3, 0.4) is 0 Å². The van der Waals surface area contributed by atoms with Gasteiger partial charge in [0.1, 0.15) is 0 Å². The highest BCUT2D eigenvalue weighted by molar-refractivity contribution is 5.88. The van der Waals surface area contributed by atoms with Gasteiger partial charge >= 0.3 is 0 Å². The van der Waals surface area contributed by atoms with Gasteiger partial charge in [-0.3, -0.25) is 4.79 Å². The van der Waals surface area contributed by atoms with Gasteiger partial charge in [-0.15, -0.1) is 0 Å². The van der Waals surface area contributed by atoms with E-state index in [4.69, 9.17) is 11.5 Å². The molecule has 0 aliphatic heterocycles. The van der Waals surface area contributed by atoms with E-state index in [-0.39, 0.29) is 5.82 Å². The largest absolute Gasteiger partial charge is 0.363 e.